The van der Waals surface area contributed by atoms with E-state index in [9.17, 15) is 37.2 Å². The first-order chi connectivity index (χ1) is 20.5. The van der Waals surface area contributed by atoms with E-state index < -0.39 is 74.5 Å². The molecule has 2 N–H and O–H groups in total. The van der Waals surface area contributed by atoms with E-state index in [0.29, 0.717) is 4.90 Å². The molecule has 1 fully saturated rings. The summed E-state index contributed by atoms with van der Waals surface area (Å²) in [4.78, 5) is 78.8. The summed E-state index contributed by atoms with van der Waals surface area (Å²) in [6.45, 7) is 7.56. The molecular formula is C31H37N3O9S. The number of nitrogens with one attached hydrogen (secondary N) is 2. The van der Waals surface area contributed by atoms with Crippen molar-refractivity contribution >= 4 is 50.7 Å². The Kier molecular flexibility index (Phi) is 10.9. The Balaban J connectivity index is 1.76. The van der Waals surface area contributed by atoms with Crippen LogP contribution in [0.4, 0.5) is 0 Å². The van der Waals surface area contributed by atoms with Crippen molar-refractivity contribution in [1.82, 2.24) is 15.2 Å². The normalized spacial score (nSPS) is 18.3. The Hall–Kier alpha value is -4.23. The zero-order chi connectivity index (χ0) is 32.8. The van der Waals surface area contributed by atoms with E-state index >= 15 is 0 Å². The Morgan fingerprint density at radius 3 is 2.30 bits per heavy atom. The maximum atomic E-state index is 13.4. The van der Waals surface area contributed by atoms with Gasteiger partial charge < -0.3 is 4.74 Å². The van der Waals surface area contributed by atoms with Crippen molar-refractivity contribution < 1.29 is 41.9 Å². The van der Waals surface area contributed by atoms with E-state index in [0.717, 1.165) is 11.6 Å². The number of esters is 1. The van der Waals surface area contributed by atoms with E-state index in [1.165, 1.54) is 12.2 Å². The molecule has 13 heteroatoms. The highest BCUT2D eigenvalue weighted by Gasteiger charge is 2.48. The second-order valence-corrected chi connectivity index (χ2v) is 13.6. The molecule has 0 aromatic heterocycles. The number of sulfonamides is 1. The number of hydrogen-bond donors (Lipinski definition) is 2. The molecule has 3 atom stereocenters. The van der Waals surface area contributed by atoms with Crippen LogP contribution in [0.2, 0.25) is 0 Å². The van der Waals surface area contributed by atoms with Gasteiger partial charge >= 0.3 is 5.97 Å². The number of nitrogens with zero attached hydrogens (tertiary/aromatic N) is 1. The summed E-state index contributed by atoms with van der Waals surface area (Å²) in [6.07, 6.45) is 7.45. The lowest BCUT2D eigenvalue weighted by Crippen LogP contribution is -2.51. The molecule has 1 aromatic carbocycles. The second-order valence-electron chi connectivity index (χ2n) is 11.9. The maximum Gasteiger partial charge on any atom is 0.310 e. The molecule has 236 valence electrons. The molecule has 0 saturated carbocycles. The minimum Gasteiger partial charge on any atom is -0.460 e. The third-order valence-electron chi connectivity index (χ3n) is 6.79. The van der Waals surface area contributed by atoms with Gasteiger partial charge in [-0.2, -0.15) is 0 Å². The Morgan fingerprint density at radius 1 is 1.05 bits per heavy atom. The first-order valence-corrected chi connectivity index (χ1v) is 15.6. The van der Waals surface area contributed by atoms with Crippen LogP contribution in [0.3, 0.4) is 0 Å². The highest BCUT2D eigenvalue weighted by Crippen LogP contribution is 2.30. The lowest BCUT2D eigenvalue weighted by Gasteiger charge is -2.29. The molecule has 0 radical (unpaired) electrons. The second kappa shape index (κ2) is 14.0. The van der Waals surface area contributed by atoms with E-state index in [2.05, 4.69) is 0 Å². The predicted molar refractivity (Wildman–Crippen MR) is 160 cm³/mol. The van der Waals surface area contributed by atoms with E-state index in [4.69, 9.17) is 4.74 Å². The van der Waals surface area contributed by atoms with Crippen molar-refractivity contribution in [3.8, 4) is 0 Å². The number of ether oxygens (including phenoxy) is 1. The number of imide groups is 1. The van der Waals surface area contributed by atoms with Crippen LogP contribution >= 0.6 is 0 Å². The van der Waals surface area contributed by atoms with Crippen LogP contribution in [0.5, 0.6) is 0 Å². The van der Waals surface area contributed by atoms with E-state index in [1.54, 1.807) is 37.8 Å². The summed E-state index contributed by atoms with van der Waals surface area (Å²) < 4.78 is 31.1. The average molecular weight is 628 g/mol. The average Bonchev–Trinajstić information content (AvgIpc) is 3.18. The summed E-state index contributed by atoms with van der Waals surface area (Å²) in [5.41, 5.74) is 1.89. The van der Waals surface area contributed by atoms with Crippen LogP contribution in [-0.2, 0) is 43.5 Å². The van der Waals surface area contributed by atoms with Gasteiger partial charge in [0, 0.05) is 5.57 Å². The molecule has 0 spiro atoms. The molecule has 1 aliphatic carbocycles. The van der Waals surface area contributed by atoms with Gasteiger partial charge in [-0.3, -0.25) is 39.1 Å². The number of fused-ring (bicyclic) bond motifs is 1. The van der Waals surface area contributed by atoms with Gasteiger partial charge in [0.15, 0.2) is 5.78 Å². The number of carbonyl (C=O) groups is 6. The van der Waals surface area contributed by atoms with Gasteiger partial charge in [-0.15, -0.1) is 4.83 Å². The zero-order valence-corrected chi connectivity index (χ0v) is 26.1. The fourth-order valence-electron chi connectivity index (χ4n) is 4.76. The number of carbonyl (C=O) groups excluding carboxylic acids is 6. The van der Waals surface area contributed by atoms with E-state index in [1.807, 2.05) is 49.6 Å². The van der Waals surface area contributed by atoms with Gasteiger partial charge in [-0.05, 0) is 51.2 Å². The summed E-state index contributed by atoms with van der Waals surface area (Å²) in [6, 6.07) is 9.30. The summed E-state index contributed by atoms with van der Waals surface area (Å²) >= 11 is 0. The number of likely N-dealkylation sites (tertiary alicyclic amines) is 1. The zero-order valence-electron chi connectivity index (χ0n) is 25.2. The quantitative estimate of drug-likeness (QED) is 0.153. The fraction of sp³-hybridized carbons (Fsp3) is 0.419. The highest BCUT2D eigenvalue weighted by molar-refractivity contribution is 8.04. The Labute approximate surface area is 256 Å². The van der Waals surface area contributed by atoms with Crippen LogP contribution in [0.25, 0.3) is 6.08 Å². The molecule has 3 rings (SSSR count). The van der Waals surface area contributed by atoms with Crippen molar-refractivity contribution in [3.05, 3.63) is 65.8 Å². The van der Waals surface area contributed by atoms with Crippen LogP contribution in [-0.4, -0.2) is 60.1 Å². The molecule has 3 amide bonds. The number of hydrogen-bond acceptors (Lipinski definition) is 9. The molecule has 44 heavy (non-hydrogen) atoms. The molecular weight excluding hydrogens is 590 g/mol. The van der Waals surface area contributed by atoms with Crippen molar-refractivity contribution in [3.63, 3.8) is 0 Å². The lowest BCUT2D eigenvalue weighted by atomic mass is 9.82. The number of amides is 3. The van der Waals surface area contributed by atoms with Crippen molar-refractivity contribution in [2.75, 3.05) is 6.54 Å². The number of rotatable bonds is 12. The molecule has 1 aliphatic heterocycles. The molecule has 0 bridgehead atoms. The first kappa shape index (κ1) is 34.3. The maximum absolute atomic E-state index is 13.4. The highest BCUT2D eigenvalue weighted by atomic mass is 32.2. The van der Waals surface area contributed by atoms with Gasteiger partial charge in [0.2, 0.25) is 11.8 Å². The Bertz CT molecular complexity index is 1520. The third kappa shape index (κ3) is 8.66. The molecule has 1 saturated heterocycles. The van der Waals surface area contributed by atoms with Crippen LogP contribution < -0.4 is 10.3 Å². The SMILES string of the molecule is CC(C)C[C@@H](C(=O)NNS(=O)(=O)C(=O)CN1C(=O)C2=CC=CC(=O)C2C1=O)[C@H](CC=Cc1ccccc1)C(=O)OC(C)(C)C. The monoisotopic (exact) mass is 627 g/mol. The van der Waals surface area contributed by atoms with Crippen molar-refractivity contribution in [1.29, 1.82) is 0 Å². The van der Waals surface area contributed by atoms with Crippen LogP contribution in [0, 0.1) is 23.7 Å². The minimum absolute atomic E-state index is 0.0886. The van der Waals surface area contributed by atoms with Gasteiger partial charge in [0.05, 0.1) is 11.8 Å². The lowest BCUT2D eigenvalue weighted by molar-refractivity contribution is -0.164. The number of benzene rings is 1. The van der Waals surface area contributed by atoms with Crippen molar-refractivity contribution in [2.45, 2.75) is 53.1 Å². The topological polar surface area (TPSA) is 173 Å². The van der Waals surface area contributed by atoms with E-state index in [-0.39, 0.29) is 24.3 Å². The van der Waals surface area contributed by atoms with Crippen LogP contribution in [0.1, 0.15) is 53.0 Å². The van der Waals surface area contributed by atoms with Gasteiger partial charge in [-0.1, -0.05) is 68.5 Å². The molecule has 1 heterocycles. The predicted octanol–water partition coefficient (Wildman–Crippen LogP) is 2.24. The summed E-state index contributed by atoms with van der Waals surface area (Å²) in [5, 5.41) is -1.59. The number of ketones is 1. The number of allylic oxidation sites excluding steroid dienone is 4. The minimum atomic E-state index is -4.94. The molecule has 2 aliphatic rings. The first-order valence-electron chi connectivity index (χ1n) is 14.1. The smallest absolute Gasteiger partial charge is 0.310 e. The molecule has 1 aromatic rings. The largest absolute Gasteiger partial charge is 0.460 e. The molecule has 12 nitrogen and oxygen atoms in total. The molecule has 1 unspecified atom stereocenters. The fourth-order valence-corrected chi connectivity index (χ4v) is 5.41. The number of hydrazine groups is 1. The van der Waals surface area contributed by atoms with Gasteiger partial charge in [0.1, 0.15) is 18.1 Å². The standard InChI is InChI=1S/C31H37N3O9S/c1-19(2)17-23(21(30(40)43-31(3,4)5)14-9-13-20-11-7-6-8-12-20)27(37)32-33-44(41,42)25(36)18-34-28(38)22-15-10-16-24(35)26(22)29(34)39/h6-13,15-16,19,21,23,26,33H,14,17-18H2,1-5H3,(H,32,37)/t21-,23+,26?/m0/s1. The summed E-state index contributed by atoms with van der Waals surface area (Å²) in [5.74, 6) is -7.71. The Morgan fingerprint density at radius 2 is 1.70 bits per heavy atom. The third-order valence-corrected chi connectivity index (χ3v) is 7.89. The summed E-state index contributed by atoms with van der Waals surface area (Å²) in [7, 11) is -4.94. The van der Waals surface area contributed by atoms with Gasteiger partial charge in [-0.25, -0.2) is 8.42 Å². The van der Waals surface area contributed by atoms with Gasteiger partial charge in [0.25, 0.3) is 21.0 Å². The van der Waals surface area contributed by atoms with Crippen LogP contribution in [0.15, 0.2) is 60.2 Å². The van der Waals surface area contributed by atoms with Crippen molar-refractivity contribution in [2.24, 2.45) is 23.7 Å².